The SMILES string of the molecule is CC(C)(C)C1=CCC(C(C)(C)C2c3cc4c(cc3-c3cc5c(cc32)C(C)(C)CCC5(C)C)C(C)(C)CCC4(C)C)=C1. The van der Waals surface area contributed by atoms with Crippen LogP contribution >= 0.6 is 0 Å². The molecule has 6 rings (SSSR count). The van der Waals surface area contributed by atoms with E-state index in [2.05, 4.69) is 126 Å². The Labute approximate surface area is 252 Å². The number of fused-ring (bicyclic) bond motifs is 5. The van der Waals surface area contributed by atoms with Gasteiger partial charge in [0.15, 0.2) is 0 Å². The molecule has 0 fully saturated rings. The maximum Gasteiger partial charge on any atom is 0.0190 e. The fraction of sp³-hybridized carbons (Fsp3) is 0.610. The highest BCUT2D eigenvalue weighted by Crippen LogP contribution is 2.61. The van der Waals surface area contributed by atoms with Gasteiger partial charge in [0.05, 0.1) is 0 Å². The molecule has 0 atom stereocenters. The Hall–Kier alpha value is -2.08. The predicted molar refractivity (Wildman–Crippen MR) is 178 cm³/mol. The van der Waals surface area contributed by atoms with E-state index in [9.17, 15) is 0 Å². The molecule has 0 bridgehead atoms. The van der Waals surface area contributed by atoms with Crippen molar-refractivity contribution in [2.24, 2.45) is 10.8 Å². The van der Waals surface area contributed by atoms with E-state index in [0.29, 0.717) is 5.92 Å². The number of allylic oxidation sites excluding steroid dienone is 4. The van der Waals surface area contributed by atoms with Gasteiger partial charge in [-0.1, -0.05) is 132 Å². The van der Waals surface area contributed by atoms with Gasteiger partial charge in [-0.05, 0) is 115 Å². The van der Waals surface area contributed by atoms with E-state index in [1.54, 1.807) is 39.0 Å². The average Bonchev–Trinajstić information content (AvgIpc) is 3.48. The number of benzene rings is 2. The number of hydrogen-bond acceptors (Lipinski definition) is 0. The van der Waals surface area contributed by atoms with E-state index in [0.717, 1.165) is 6.42 Å². The minimum atomic E-state index is 0.0224. The summed E-state index contributed by atoms with van der Waals surface area (Å²) in [6.45, 7) is 32.0. The maximum atomic E-state index is 2.70. The molecule has 0 amide bonds. The van der Waals surface area contributed by atoms with Gasteiger partial charge in [0.25, 0.3) is 0 Å². The molecule has 0 radical (unpaired) electrons. The van der Waals surface area contributed by atoms with Crippen LogP contribution in [0.4, 0.5) is 0 Å². The van der Waals surface area contributed by atoms with E-state index in [-0.39, 0.29) is 32.5 Å². The Morgan fingerprint density at radius 1 is 0.561 bits per heavy atom. The van der Waals surface area contributed by atoms with Crippen molar-refractivity contribution in [3.63, 3.8) is 0 Å². The van der Waals surface area contributed by atoms with Crippen molar-refractivity contribution in [3.8, 4) is 11.1 Å². The summed E-state index contributed by atoms with van der Waals surface area (Å²) in [5.74, 6) is 0.365. The summed E-state index contributed by atoms with van der Waals surface area (Å²) in [4.78, 5) is 0. The molecule has 0 spiro atoms. The number of rotatable bonds is 2. The third-order valence-electron chi connectivity index (χ3n) is 12.2. The van der Waals surface area contributed by atoms with Crippen LogP contribution in [-0.4, -0.2) is 0 Å². The minimum Gasteiger partial charge on any atom is -0.0767 e. The highest BCUT2D eigenvalue weighted by molar-refractivity contribution is 5.83. The van der Waals surface area contributed by atoms with Gasteiger partial charge in [-0.25, -0.2) is 0 Å². The molecule has 0 aromatic heterocycles. The van der Waals surface area contributed by atoms with Crippen molar-refractivity contribution in [2.75, 3.05) is 0 Å². The van der Waals surface area contributed by atoms with Gasteiger partial charge in [-0.3, -0.25) is 0 Å². The van der Waals surface area contributed by atoms with Crippen LogP contribution in [-0.2, 0) is 21.7 Å². The Balaban J connectivity index is 1.64. The third-order valence-corrected chi connectivity index (χ3v) is 12.2. The van der Waals surface area contributed by atoms with Gasteiger partial charge in [-0.2, -0.15) is 0 Å². The lowest BCUT2D eigenvalue weighted by Gasteiger charge is -2.43. The molecule has 0 heterocycles. The molecule has 41 heavy (non-hydrogen) atoms. The second-order valence-electron chi connectivity index (χ2n) is 18.4. The summed E-state index contributed by atoms with van der Waals surface area (Å²) in [5.41, 5.74) is 16.7. The molecule has 0 unspecified atom stereocenters. The molecule has 0 saturated carbocycles. The minimum absolute atomic E-state index is 0.0224. The highest BCUT2D eigenvalue weighted by Gasteiger charge is 2.47. The highest BCUT2D eigenvalue weighted by atomic mass is 14.5. The fourth-order valence-corrected chi connectivity index (χ4v) is 8.83. The molecule has 2 aromatic rings. The van der Waals surface area contributed by atoms with Gasteiger partial charge >= 0.3 is 0 Å². The van der Waals surface area contributed by atoms with Gasteiger partial charge in [0, 0.05) is 5.92 Å². The first kappa shape index (κ1) is 29.0. The van der Waals surface area contributed by atoms with E-state index in [1.165, 1.54) is 42.4 Å². The zero-order valence-electron chi connectivity index (χ0n) is 28.6. The fourth-order valence-electron chi connectivity index (χ4n) is 8.83. The Morgan fingerprint density at radius 2 is 0.927 bits per heavy atom. The molecule has 4 aliphatic rings. The molecule has 0 heteroatoms. The largest absolute Gasteiger partial charge is 0.0767 e. The normalized spacial score (nSPS) is 23.7. The van der Waals surface area contributed by atoms with Crippen LogP contribution in [0.3, 0.4) is 0 Å². The first-order chi connectivity index (χ1) is 18.7. The van der Waals surface area contributed by atoms with Gasteiger partial charge in [-0.15, -0.1) is 0 Å². The standard InChI is InChI=1S/C41H56/c1-36(2,3)25-14-15-26(20-25)41(12,13)35-29-23-33-31(37(4,5)16-18-39(33,8)9)21-27(29)28-22-32-34(24-30(28)35)40(10,11)19-17-38(32,6)7/h14,20-24,35H,15-19H2,1-13H3. The van der Waals surface area contributed by atoms with Crippen molar-refractivity contribution < 1.29 is 0 Å². The van der Waals surface area contributed by atoms with E-state index < -0.39 is 0 Å². The van der Waals surface area contributed by atoms with Crippen LogP contribution in [0.1, 0.15) is 161 Å². The van der Waals surface area contributed by atoms with E-state index in [4.69, 9.17) is 0 Å². The first-order valence-corrected chi connectivity index (χ1v) is 16.5. The lowest BCUT2D eigenvalue weighted by Crippen LogP contribution is -2.34. The van der Waals surface area contributed by atoms with Crippen LogP contribution < -0.4 is 0 Å². The lowest BCUT2D eigenvalue weighted by molar-refractivity contribution is 0.329. The lowest BCUT2D eigenvalue weighted by atomic mass is 9.61. The zero-order valence-corrected chi connectivity index (χ0v) is 28.6. The average molecular weight is 549 g/mol. The van der Waals surface area contributed by atoms with Crippen LogP contribution in [0.25, 0.3) is 11.1 Å². The van der Waals surface area contributed by atoms with Gasteiger partial charge < -0.3 is 0 Å². The predicted octanol–water partition coefficient (Wildman–Crippen LogP) is 11.8. The molecular formula is C41H56. The van der Waals surface area contributed by atoms with Crippen LogP contribution in [0.2, 0.25) is 0 Å². The summed E-state index contributed by atoms with van der Waals surface area (Å²) in [7, 11) is 0. The molecule has 0 aliphatic heterocycles. The second kappa shape index (κ2) is 8.51. The monoisotopic (exact) mass is 548 g/mol. The quantitative estimate of drug-likeness (QED) is 0.350. The topological polar surface area (TPSA) is 0 Å². The summed E-state index contributed by atoms with van der Waals surface area (Å²) in [5, 5.41) is 0. The molecule has 0 N–H and O–H groups in total. The van der Waals surface area contributed by atoms with Gasteiger partial charge in [0.1, 0.15) is 0 Å². The zero-order chi connectivity index (χ0) is 30.1. The van der Waals surface area contributed by atoms with E-state index in [1.807, 2.05) is 0 Å². The van der Waals surface area contributed by atoms with Crippen LogP contribution in [0.5, 0.6) is 0 Å². The maximum absolute atomic E-state index is 2.70. The molecule has 0 saturated heterocycles. The van der Waals surface area contributed by atoms with Crippen molar-refractivity contribution in [1.82, 2.24) is 0 Å². The summed E-state index contributed by atoms with van der Waals surface area (Å²) in [6.07, 6.45) is 11.2. The Morgan fingerprint density at radius 3 is 1.27 bits per heavy atom. The molecule has 220 valence electrons. The van der Waals surface area contributed by atoms with E-state index >= 15 is 0 Å². The Bertz CT molecular complexity index is 1420. The second-order valence-corrected chi connectivity index (χ2v) is 18.4. The smallest absolute Gasteiger partial charge is 0.0190 e. The Kier molecular flexibility index (Phi) is 6.02. The van der Waals surface area contributed by atoms with Gasteiger partial charge in [0.2, 0.25) is 0 Å². The van der Waals surface area contributed by atoms with Crippen LogP contribution in [0.15, 0.2) is 47.6 Å². The first-order valence-electron chi connectivity index (χ1n) is 16.5. The molecule has 4 aliphatic carbocycles. The van der Waals surface area contributed by atoms with Crippen LogP contribution in [0, 0.1) is 10.8 Å². The molecular weight excluding hydrogens is 492 g/mol. The van der Waals surface area contributed by atoms with Crippen molar-refractivity contribution >= 4 is 0 Å². The van der Waals surface area contributed by atoms with Crippen molar-refractivity contribution in [3.05, 3.63) is 80.9 Å². The summed E-state index contributed by atoms with van der Waals surface area (Å²) < 4.78 is 0. The summed E-state index contributed by atoms with van der Waals surface area (Å²) >= 11 is 0. The summed E-state index contributed by atoms with van der Waals surface area (Å²) in [6, 6.07) is 10.7. The molecule has 2 aromatic carbocycles. The number of hydrogen-bond donors (Lipinski definition) is 0. The third kappa shape index (κ3) is 4.28. The molecule has 0 nitrogen and oxygen atoms in total. The van der Waals surface area contributed by atoms with Crippen molar-refractivity contribution in [1.29, 1.82) is 0 Å². The van der Waals surface area contributed by atoms with Crippen molar-refractivity contribution in [2.45, 2.75) is 150 Å².